The number of thiol groups is 1. The maximum absolute atomic E-state index is 4.21. The van der Waals surface area contributed by atoms with Crippen molar-refractivity contribution in [1.82, 2.24) is 9.62 Å². The monoisotopic (exact) mass is 148 g/mol. The zero-order chi connectivity index (χ0) is 7.11. The van der Waals surface area contributed by atoms with Gasteiger partial charge in [-0.3, -0.25) is 4.31 Å². The van der Waals surface area contributed by atoms with E-state index in [1.807, 2.05) is 11.4 Å². The molecule has 0 unspecified atom stereocenters. The average molecular weight is 148 g/mol. The molecule has 0 saturated heterocycles. The van der Waals surface area contributed by atoms with Crippen LogP contribution in [-0.4, -0.2) is 31.0 Å². The van der Waals surface area contributed by atoms with Crippen molar-refractivity contribution >= 4 is 12.8 Å². The molecule has 0 aliphatic carbocycles. The summed E-state index contributed by atoms with van der Waals surface area (Å²) < 4.78 is 2.01. The first-order chi connectivity index (χ1) is 4.31. The highest BCUT2D eigenvalue weighted by atomic mass is 32.1. The molecule has 56 valence electrons. The van der Waals surface area contributed by atoms with E-state index in [4.69, 9.17) is 0 Å². The van der Waals surface area contributed by atoms with Gasteiger partial charge in [0.1, 0.15) is 0 Å². The standard InChI is InChI=1S/C6H16N2S/c1-3-8(9)6-4-5-7-2/h7,9H,3-6H2,1-2H3. The third kappa shape index (κ3) is 6.15. The van der Waals surface area contributed by atoms with Crippen LogP contribution in [0.2, 0.25) is 0 Å². The molecule has 0 heterocycles. The van der Waals surface area contributed by atoms with Crippen LogP contribution in [0.5, 0.6) is 0 Å². The first kappa shape index (κ1) is 9.27. The predicted octanol–water partition coefficient (Wildman–Crippen LogP) is 0.763. The van der Waals surface area contributed by atoms with E-state index in [2.05, 4.69) is 25.1 Å². The Labute approximate surface area is 63.2 Å². The minimum absolute atomic E-state index is 1.02. The second-order valence-corrected chi connectivity index (χ2v) is 2.57. The van der Waals surface area contributed by atoms with E-state index in [0.29, 0.717) is 0 Å². The third-order valence-corrected chi connectivity index (χ3v) is 1.69. The number of rotatable bonds is 5. The van der Waals surface area contributed by atoms with E-state index < -0.39 is 0 Å². The zero-order valence-electron chi connectivity index (χ0n) is 6.22. The Kier molecular flexibility index (Phi) is 6.58. The minimum atomic E-state index is 1.02. The van der Waals surface area contributed by atoms with Gasteiger partial charge in [-0.25, -0.2) is 0 Å². The Morgan fingerprint density at radius 3 is 2.67 bits per heavy atom. The van der Waals surface area contributed by atoms with Crippen LogP contribution in [0.1, 0.15) is 13.3 Å². The van der Waals surface area contributed by atoms with E-state index in [1.54, 1.807) is 0 Å². The van der Waals surface area contributed by atoms with E-state index in [9.17, 15) is 0 Å². The van der Waals surface area contributed by atoms with Gasteiger partial charge in [-0.05, 0) is 20.0 Å². The summed E-state index contributed by atoms with van der Waals surface area (Å²) in [6.07, 6.45) is 1.17. The Bertz CT molecular complexity index is 59.0. The quantitative estimate of drug-likeness (QED) is 0.442. The van der Waals surface area contributed by atoms with Crippen LogP contribution in [0.15, 0.2) is 0 Å². The van der Waals surface area contributed by atoms with E-state index in [1.165, 1.54) is 6.42 Å². The summed E-state index contributed by atoms with van der Waals surface area (Å²) in [5.41, 5.74) is 0. The summed E-state index contributed by atoms with van der Waals surface area (Å²) in [6.45, 7) is 5.27. The molecule has 1 N–H and O–H groups in total. The van der Waals surface area contributed by atoms with Crippen LogP contribution in [0.25, 0.3) is 0 Å². The minimum Gasteiger partial charge on any atom is -0.320 e. The van der Waals surface area contributed by atoms with Crippen molar-refractivity contribution in [1.29, 1.82) is 0 Å². The van der Waals surface area contributed by atoms with Crippen molar-refractivity contribution in [3.63, 3.8) is 0 Å². The second-order valence-electron chi connectivity index (χ2n) is 2.00. The molecule has 0 aromatic heterocycles. The van der Waals surface area contributed by atoms with E-state index in [0.717, 1.165) is 19.6 Å². The van der Waals surface area contributed by atoms with Gasteiger partial charge in [0, 0.05) is 13.1 Å². The maximum Gasteiger partial charge on any atom is 0.00989 e. The molecule has 0 aliphatic rings. The summed E-state index contributed by atoms with van der Waals surface area (Å²) in [6, 6.07) is 0. The first-order valence-corrected chi connectivity index (χ1v) is 3.79. The van der Waals surface area contributed by atoms with Gasteiger partial charge < -0.3 is 5.32 Å². The van der Waals surface area contributed by atoms with Gasteiger partial charge in [-0.15, -0.1) is 0 Å². The lowest BCUT2D eigenvalue weighted by atomic mass is 10.4. The summed E-state index contributed by atoms with van der Waals surface area (Å²) in [4.78, 5) is 0. The van der Waals surface area contributed by atoms with Crippen LogP contribution in [-0.2, 0) is 0 Å². The van der Waals surface area contributed by atoms with Crippen LogP contribution in [0.4, 0.5) is 0 Å². The van der Waals surface area contributed by atoms with E-state index in [-0.39, 0.29) is 0 Å². The average Bonchev–Trinajstić information content (AvgIpc) is 1.89. The zero-order valence-corrected chi connectivity index (χ0v) is 7.12. The van der Waals surface area contributed by atoms with E-state index >= 15 is 0 Å². The lowest BCUT2D eigenvalue weighted by molar-refractivity contribution is 0.482. The molecule has 0 bridgehead atoms. The summed E-state index contributed by atoms with van der Waals surface area (Å²) in [5.74, 6) is 0. The highest BCUT2D eigenvalue weighted by Gasteiger charge is 1.91. The smallest absolute Gasteiger partial charge is 0.00989 e. The lowest BCUT2D eigenvalue weighted by Gasteiger charge is -2.10. The molecule has 3 heteroatoms. The number of nitrogens with one attached hydrogen (secondary N) is 1. The summed E-state index contributed by atoms with van der Waals surface area (Å²) in [7, 11) is 1.97. The highest BCUT2D eigenvalue weighted by Crippen LogP contribution is 1.92. The normalized spacial score (nSPS) is 10.7. The fourth-order valence-corrected chi connectivity index (χ4v) is 0.738. The van der Waals surface area contributed by atoms with Crippen LogP contribution in [0, 0.1) is 0 Å². The van der Waals surface area contributed by atoms with Gasteiger partial charge >= 0.3 is 0 Å². The van der Waals surface area contributed by atoms with Crippen molar-refractivity contribution in [2.24, 2.45) is 0 Å². The molecule has 0 atom stereocenters. The fraction of sp³-hybridized carbons (Fsp3) is 1.00. The molecule has 0 saturated carbocycles. The number of nitrogens with zero attached hydrogens (tertiary/aromatic N) is 1. The maximum atomic E-state index is 4.21. The second kappa shape index (κ2) is 6.39. The molecule has 0 rings (SSSR count). The molecule has 0 spiro atoms. The van der Waals surface area contributed by atoms with Crippen LogP contribution in [0.3, 0.4) is 0 Å². The molecular formula is C6H16N2S. The molecule has 2 nitrogen and oxygen atoms in total. The molecule has 0 aromatic carbocycles. The molecule has 0 amide bonds. The molecule has 0 aromatic rings. The largest absolute Gasteiger partial charge is 0.320 e. The van der Waals surface area contributed by atoms with Gasteiger partial charge in [-0.1, -0.05) is 19.7 Å². The Hall–Kier alpha value is 0.270. The Morgan fingerprint density at radius 1 is 1.56 bits per heavy atom. The van der Waals surface area contributed by atoms with Gasteiger partial charge in [0.15, 0.2) is 0 Å². The van der Waals surface area contributed by atoms with Crippen LogP contribution >= 0.6 is 12.8 Å². The molecule has 0 aliphatic heterocycles. The van der Waals surface area contributed by atoms with Crippen molar-refractivity contribution in [3.8, 4) is 0 Å². The van der Waals surface area contributed by atoms with Crippen molar-refractivity contribution in [3.05, 3.63) is 0 Å². The predicted molar refractivity (Wildman–Crippen MR) is 44.8 cm³/mol. The topological polar surface area (TPSA) is 15.3 Å². The van der Waals surface area contributed by atoms with Gasteiger partial charge in [-0.2, -0.15) is 0 Å². The van der Waals surface area contributed by atoms with Crippen molar-refractivity contribution in [2.45, 2.75) is 13.3 Å². The highest BCUT2D eigenvalue weighted by molar-refractivity contribution is 7.77. The SMILES string of the molecule is CCN(S)CCCNC. The lowest BCUT2D eigenvalue weighted by Crippen LogP contribution is -2.18. The molecule has 0 fully saturated rings. The van der Waals surface area contributed by atoms with Gasteiger partial charge in [0.05, 0.1) is 0 Å². The van der Waals surface area contributed by atoms with Crippen LogP contribution < -0.4 is 5.32 Å². The molecule has 9 heavy (non-hydrogen) atoms. The number of hydrogen-bond acceptors (Lipinski definition) is 3. The molecular weight excluding hydrogens is 132 g/mol. The summed E-state index contributed by atoms with van der Waals surface area (Å²) >= 11 is 4.21. The molecule has 0 radical (unpaired) electrons. The third-order valence-electron chi connectivity index (χ3n) is 1.21. The Balaban J connectivity index is 2.88. The van der Waals surface area contributed by atoms with Crippen molar-refractivity contribution < 1.29 is 0 Å². The Morgan fingerprint density at radius 2 is 2.22 bits per heavy atom. The van der Waals surface area contributed by atoms with Gasteiger partial charge in [0.2, 0.25) is 0 Å². The number of hydrogen-bond donors (Lipinski definition) is 2. The summed E-state index contributed by atoms with van der Waals surface area (Å²) in [5, 5.41) is 3.09. The fourth-order valence-electron chi connectivity index (χ4n) is 0.596. The van der Waals surface area contributed by atoms with Gasteiger partial charge in [0.25, 0.3) is 0 Å². The van der Waals surface area contributed by atoms with Crippen molar-refractivity contribution in [2.75, 3.05) is 26.7 Å². The first-order valence-electron chi connectivity index (χ1n) is 3.39.